The largest absolute Gasteiger partial charge is 0.293 e. The summed E-state index contributed by atoms with van der Waals surface area (Å²) in [4.78, 5) is 1.49. The van der Waals surface area contributed by atoms with Gasteiger partial charge in [-0.25, -0.2) is 0 Å². The van der Waals surface area contributed by atoms with Crippen LogP contribution in [0, 0.1) is 0 Å². The van der Waals surface area contributed by atoms with Crippen LogP contribution in [0.3, 0.4) is 0 Å². The normalized spacial score (nSPS) is 9.33. The summed E-state index contributed by atoms with van der Waals surface area (Å²) >= 11 is 6.26. The summed E-state index contributed by atoms with van der Waals surface area (Å²) in [6, 6.07) is 3.96. The van der Waals surface area contributed by atoms with Crippen LogP contribution in [0.1, 0.15) is 4.88 Å². The van der Waals surface area contributed by atoms with E-state index in [4.69, 9.17) is 5.73 Å². The minimum Gasteiger partial charge on any atom is -0.293 e. The lowest BCUT2D eigenvalue weighted by Gasteiger charge is -1.88. The van der Waals surface area contributed by atoms with E-state index in [9.17, 15) is 0 Å². The second-order valence-electron chi connectivity index (χ2n) is 1.68. The fourth-order valence-corrected chi connectivity index (χ4v) is 1.54. The van der Waals surface area contributed by atoms with Crippen molar-refractivity contribution in [3.8, 4) is 0 Å². The molecule has 0 bridgehead atoms. The minimum absolute atomic E-state index is 0.317. The summed E-state index contributed by atoms with van der Waals surface area (Å²) in [7, 11) is 0. The van der Waals surface area contributed by atoms with Crippen molar-refractivity contribution in [3.05, 3.63) is 22.4 Å². The predicted octanol–water partition coefficient (Wildman–Crippen LogP) is 1.90. The first-order valence-corrected chi connectivity index (χ1v) is 3.84. The first-order chi connectivity index (χ1) is 4.29. The highest BCUT2D eigenvalue weighted by atomic mass is 32.1. The molecule has 1 rings (SSSR count). The van der Waals surface area contributed by atoms with Gasteiger partial charge in [0.15, 0.2) is 0 Å². The van der Waals surface area contributed by atoms with Gasteiger partial charge in [0.25, 0.3) is 0 Å². The highest BCUT2D eigenvalue weighted by Crippen LogP contribution is 2.08. The lowest BCUT2D eigenvalue weighted by atomic mass is 10.3. The van der Waals surface area contributed by atoms with Crippen molar-refractivity contribution < 1.29 is 0 Å². The molecule has 0 atom stereocenters. The summed E-state index contributed by atoms with van der Waals surface area (Å²) in [6.45, 7) is 0. The molecule has 0 aliphatic heterocycles. The maximum atomic E-state index is 6.99. The lowest BCUT2D eigenvalue weighted by Crippen LogP contribution is -1.96. The molecule has 0 fully saturated rings. The molecule has 0 aliphatic rings. The zero-order chi connectivity index (χ0) is 6.69. The molecule has 0 unspecified atom stereocenters. The van der Waals surface area contributed by atoms with E-state index in [1.165, 1.54) is 4.88 Å². The topological polar surface area (TPSA) is 23.8 Å². The van der Waals surface area contributed by atoms with Crippen molar-refractivity contribution in [1.29, 1.82) is 0 Å². The molecule has 9 heavy (non-hydrogen) atoms. The number of thiophene rings is 1. The third kappa shape index (κ3) is 2.11. The van der Waals surface area contributed by atoms with Gasteiger partial charge in [-0.15, -0.1) is 11.3 Å². The lowest BCUT2D eigenvalue weighted by molar-refractivity contribution is 1.40. The molecule has 1 nitrogen and oxygen atoms in total. The Morgan fingerprint density at radius 2 is 2.56 bits per heavy atom. The SMILES string of the molecule is [NH]C(=S)Cc1cccs1. The third-order valence-corrected chi connectivity index (χ3v) is 1.94. The zero-order valence-electron chi connectivity index (χ0n) is 4.76. The fraction of sp³-hybridized carbons (Fsp3) is 0.167. The molecule has 1 aromatic heterocycles. The van der Waals surface area contributed by atoms with E-state index in [1.807, 2.05) is 17.5 Å². The van der Waals surface area contributed by atoms with Gasteiger partial charge in [-0.2, -0.15) is 0 Å². The summed E-state index contributed by atoms with van der Waals surface area (Å²) in [5.74, 6) is 0. The number of rotatable bonds is 2. The van der Waals surface area contributed by atoms with Gasteiger partial charge >= 0.3 is 0 Å². The summed E-state index contributed by atoms with van der Waals surface area (Å²) < 4.78 is 0. The van der Waals surface area contributed by atoms with Crippen LogP contribution >= 0.6 is 23.6 Å². The Balaban J connectivity index is 2.58. The van der Waals surface area contributed by atoms with Gasteiger partial charge in [0, 0.05) is 11.3 Å². The van der Waals surface area contributed by atoms with E-state index < -0.39 is 0 Å². The number of hydrogen-bond donors (Lipinski definition) is 0. The Kier molecular flexibility index (Phi) is 2.19. The van der Waals surface area contributed by atoms with Gasteiger partial charge in [0.05, 0.1) is 4.99 Å². The fourth-order valence-electron chi connectivity index (χ4n) is 0.571. The minimum atomic E-state index is 0.317. The van der Waals surface area contributed by atoms with E-state index in [-0.39, 0.29) is 0 Å². The van der Waals surface area contributed by atoms with E-state index in [1.54, 1.807) is 11.3 Å². The first-order valence-electron chi connectivity index (χ1n) is 2.56. The van der Waals surface area contributed by atoms with Gasteiger partial charge in [-0.05, 0) is 11.4 Å². The Hall–Kier alpha value is -0.410. The van der Waals surface area contributed by atoms with Crippen molar-refractivity contribution in [2.24, 2.45) is 0 Å². The van der Waals surface area contributed by atoms with Crippen molar-refractivity contribution in [3.63, 3.8) is 0 Å². The van der Waals surface area contributed by atoms with E-state index in [2.05, 4.69) is 12.2 Å². The Labute approximate surface area is 63.5 Å². The monoisotopic (exact) mass is 156 g/mol. The van der Waals surface area contributed by atoms with Gasteiger partial charge in [-0.1, -0.05) is 18.3 Å². The maximum absolute atomic E-state index is 6.99. The van der Waals surface area contributed by atoms with Gasteiger partial charge < -0.3 is 0 Å². The van der Waals surface area contributed by atoms with Crippen LogP contribution in [-0.2, 0) is 6.42 Å². The molecular formula is C6H6NS2. The molecule has 47 valence electrons. The van der Waals surface area contributed by atoms with Gasteiger partial charge in [0.1, 0.15) is 0 Å². The smallest absolute Gasteiger partial charge is 0.0992 e. The molecule has 1 aromatic rings. The van der Waals surface area contributed by atoms with Crippen LogP contribution in [0.2, 0.25) is 0 Å². The molecule has 0 saturated carbocycles. The molecule has 3 heteroatoms. The molecule has 0 aromatic carbocycles. The van der Waals surface area contributed by atoms with E-state index in [0.29, 0.717) is 11.4 Å². The number of hydrogen-bond acceptors (Lipinski definition) is 2. The molecule has 0 amide bonds. The van der Waals surface area contributed by atoms with E-state index >= 15 is 0 Å². The molecule has 1 radical (unpaired) electrons. The second kappa shape index (κ2) is 2.94. The van der Waals surface area contributed by atoms with Gasteiger partial charge in [-0.3, -0.25) is 5.73 Å². The number of nitrogens with one attached hydrogen (secondary N) is 1. The average molecular weight is 156 g/mol. The van der Waals surface area contributed by atoms with E-state index in [0.717, 1.165) is 0 Å². The highest BCUT2D eigenvalue weighted by molar-refractivity contribution is 7.80. The van der Waals surface area contributed by atoms with Crippen molar-refractivity contribution >= 4 is 28.5 Å². The molecular weight excluding hydrogens is 150 g/mol. The first kappa shape index (κ1) is 6.71. The van der Waals surface area contributed by atoms with Crippen LogP contribution < -0.4 is 5.73 Å². The Morgan fingerprint density at radius 1 is 1.78 bits per heavy atom. The van der Waals surface area contributed by atoms with Gasteiger partial charge in [0.2, 0.25) is 0 Å². The standard InChI is InChI=1S/C6H6NS2/c7-6(8)4-5-2-1-3-9-5/h1-3,7H,4H2. The van der Waals surface area contributed by atoms with Crippen molar-refractivity contribution in [2.45, 2.75) is 6.42 Å². The van der Waals surface area contributed by atoms with Crippen LogP contribution in [0.25, 0.3) is 0 Å². The third-order valence-electron chi connectivity index (χ3n) is 0.915. The van der Waals surface area contributed by atoms with Crippen LogP contribution in [-0.4, -0.2) is 4.99 Å². The summed E-state index contributed by atoms with van der Waals surface area (Å²) in [5, 5.41) is 1.99. The molecule has 1 heterocycles. The molecule has 0 aliphatic carbocycles. The number of thiocarbonyl (C=S) groups is 1. The van der Waals surface area contributed by atoms with Crippen molar-refractivity contribution in [1.82, 2.24) is 5.73 Å². The summed E-state index contributed by atoms with van der Waals surface area (Å²) in [6.07, 6.45) is 0.632. The maximum Gasteiger partial charge on any atom is 0.0992 e. The molecule has 1 N–H and O–H groups in total. The molecule has 0 saturated heterocycles. The van der Waals surface area contributed by atoms with Crippen molar-refractivity contribution in [2.75, 3.05) is 0 Å². The zero-order valence-corrected chi connectivity index (χ0v) is 6.39. The average Bonchev–Trinajstić information content (AvgIpc) is 2.15. The Bertz CT molecular complexity index is 191. The molecule has 0 spiro atoms. The summed E-state index contributed by atoms with van der Waals surface area (Å²) in [5.41, 5.74) is 6.99. The second-order valence-corrected chi connectivity index (χ2v) is 3.20. The highest BCUT2D eigenvalue weighted by Gasteiger charge is 1.93. The Morgan fingerprint density at radius 3 is 3.00 bits per heavy atom. The predicted molar refractivity (Wildman–Crippen MR) is 43.7 cm³/mol. The quantitative estimate of drug-likeness (QED) is 0.600. The van der Waals surface area contributed by atoms with Crippen LogP contribution in [0.4, 0.5) is 0 Å². The van der Waals surface area contributed by atoms with Crippen LogP contribution in [0.5, 0.6) is 0 Å². The van der Waals surface area contributed by atoms with Crippen LogP contribution in [0.15, 0.2) is 17.5 Å².